The fraction of sp³-hybridized carbons (Fsp3) is 0.231. The second-order valence-electron chi connectivity index (χ2n) is 4.20. The summed E-state index contributed by atoms with van der Waals surface area (Å²) >= 11 is 3.37. The highest BCUT2D eigenvalue weighted by Gasteiger charge is 2.12. The van der Waals surface area contributed by atoms with Crippen LogP contribution >= 0.6 is 15.9 Å². The second kappa shape index (κ2) is 5.44. The first-order valence-electron chi connectivity index (χ1n) is 5.73. The van der Waals surface area contributed by atoms with Gasteiger partial charge in [-0.05, 0) is 54.9 Å². The summed E-state index contributed by atoms with van der Waals surface area (Å²) in [5.41, 5.74) is 2.63. The van der Waals surface area contributed by atoms with Crippen molar-refractivity contribution in [2.24, 2.45) is 0 Å². The Morgan fingerprint density at radius 1 is 1.16 bits per heavy atom. The summed E-state index contributed by atoms with van der Waals surface area (Å²) in [6, 6.07) is 5.30. The van der Waals surface area contributed by atoms with Crippen molar-refractivity contribution in [1.82, 2.24) is 15.2 Å². The molecule has 5 nitrogen and oxygen atoms in total. The Morgan fingerprint density at radius 3 is 2.58 bits per heavy atom. The number of pyridine rings is 1. The molecule has 0 fully saturated rings. The molecule has 2 aromatic heterocycles. The first kappa shape index (κ1) is 13.6. The van der Waals surface area contributed by atoms with Crippen LogP contribution in [0.2, 0.25) is 0 Å². The van der Waals surface area contributed by atoms with Crippen LogP contribution in [0.15, 0.2) is 22.7 Å². The molecule has 2 heterocycles. The quantitative estimate of drug-likeness (QED) is 0.923. The van der Waals surface area contributed by atoms with Gasteiger partial charge in [0.25, 0.3) is 5.91 Å². The van der Waals surface area contributed by atoms with Gasteiger partial charge in [0.1, 0.15) is 5.82 Å². The summed E-state index contributed by atoms with van der Waals surface area (Å²) in [6.07, 6.45) is 0. The molecule has 0 saturated carbocycles. The minimum absolute atomic E-state index is 0.232. The highest BCUT2D eigenvalue weighted by Crippen LogP contribution is 2.17. The molecule has 0 spiro atoms. The molecule has 2 aromatic rings. The first-order chi connectivity index (χ1) is 8.97. The van der Waals surface area contributed by atoms with Crippen LogP contribution in [-0.4, -0.2) is 21.1 Å². The van der Waals surface area contributed by atoms with Crippen LogP contribution < -0.4 is 5.32 Å². The predicted molar refractivity (Wildman–Crippen MR) is 76.1 cm³/mol. The summed E-state index contributed by atoms with van der Waals surface area (Å²) in [5.74, 6) is 0.282. The number of amides is 1. The molecule has 0 atom stereocenters. The molecule has 0 aliphatic rings. The number of halogens is 1. The van der Waals surface area contributed by atoms with Gasteiger partial charge in [-0.1, -0.05) is 0 Å². The molecule has 1 amide bonds. The van der Waals surface area contributed by atoms with E-state index in [1.807, 2.05) is 13.0 Å². The molecule has 0 saturated heterocycles. The normalized spacial score (nSPS) is 10.3. The van der Waals surface area contributed by atoms with Gasteiger partial charge in [-0.3, -0.25) is 4.79 Å². The Bertz CT molecular complexity index is 643. The monoisotopic (exact) mass is 320 g/mol. The SMILES string of the molecule is Cc1cc(C(=O)Nc2ccc(Br)c(C)n2)c(C)nn1. The van der Waals surface area contributed by atoms with Gasteiger partial charge in [0.05, 0.1) is 22.6 Å². The predicted octanol–water partition coefficient (Wildman–Crippen LogP) is 2.81. The van der Waals surface area contributed by atoms with Crippen LogP contribution in [0.4, 0.5) is 5.82 Å². The van der Waals surface area contributed by atoms with Crippen molar-refractivity contribution in [2.45, 2.75) is 20.8 Å². The molecule has 0 bridgehead atoms. The van der Waals surface area contributed by atoms with Gasteiger partial charge in [-0.25, -0.2) is 4.98 Å². The third-order valence-electron chi connectivity index (χ3n) is 2.61. The van der Waals surface area contributed by atoms with E-state index in [4.69, 9.17) is 0 Å². The van der Waals surface area contributed by atoms with Crippen LogP contribution in [0.5, 0.6) is 0 Å². The maximum Gasteiger partial charge on any atom is 0.258 e. The highest BCUT2D eigenvalue weighted by molar-refractivity contribution is 9.10. The number of hydrogen-bond acceptors (Lipinski definition) is 4. The standard InChI is InChI=1S/C13H13BrN4O/c1-7-6-10(8(2)18-17-7)13(19)16-12-5-4-11(14)9(3)15-12/h4-6H,1-3H3,(H,15,16,19). The maximum absolute atomic E-state index is 12.2. The lowest BCUT2D eigenvalue weighted by atomic mass is 10.2. The number of nitrogens with one attached hydrogen (secondary N) is 1. The van der Waals surface area contributed by atoms with Crippen LogP contribution in [0, 0.1) is 20.8 Å². The van der Waals surface area contributed by atoms with Crippen molar-refractivity contribution in [1.29, 1.82) is 0 Å². The lowest BCUT2D eigenvalue weighted by Gasteiger charge is -2.08. The molecule has 0 radical (unpaired) electrons. The number of hydrogen-bond donors (Lipinski definition) is 1. The zero-order chi connectivity index (χ0) is 14.0. The van der Waals surface area contributed by atoms with E-state index in [2.05, 4.69) is 36.4 Å². The number of nitrogens with zero attached hydrogens (tertiary/aromatic N) is 3. The van der Waals surface area contributed by atoms with Crippen molar-refractivity contribution in [3.8, 4) is 0 Å². The topological polar surface area (TPSA) is 67.8 Å². The summed E-state index contributed by atoms with van der Waals surface area (Å²) in [5, 5.41) is 10.6. The van der Waals surface area contributed by atoms with Crippen LogP contribution in [0.25, 0.3) is 0 Å². The van der Waals surface area contributed by atoms with Crippen molar-refractivity contribution in [2.75, 3.05) is 5.32 Å². The Labute approximate surface area is 119 Å². The molecule has 98 valence electrons. The summed E-state index contributed by atoms with van der Waals surface area (Å²) in [4.78, 5) is 16.4. The van der Waals surface area contributed by atoms with Gasteiger partial charge >= 0.3 is 0 Å². The largest absolute Gasteiger partial charge is 0.306 e. The minimum Gasteiger partial charge on any atom is -0.306 e. The number of anilines is 1. The average Bonchev–Trinajstić information content (AvgIpc) is 2.36. The fourth-order valence-corrected chi connectivity index (χ4v) is 1.80. The smallest absolute Gasteiger partial charge is 0.258 e. The lowest BCUT2D eigenvalue weighted by Crippen LogP contribution is -2.16. The summed E-state index contributed by atoms with van der Waals surface area (Å²) in [6.45, 7) is 5.41. The van der Waals surface area contributed by atoms with Crippen LogP contribution in [-0.2, 0) is 0 Å². The molecule has 0 unspecified atom stereocenters. The van der Waals surface area contributed by atoms with Gasteiger partial charge in [-0.2, -0.15) is 10.2 Å². The van der Waals surface area contributed by atoms with E-state index in [0.717, 1.165) is 10.2 Å². The Balaban J connectivity index is 2.25. The Morgan fingerprint density at radius 2 is 1.89 bits per heavy atom. The van der Waals surface area contributed by atoms with E-state index in [1.165, 1.54) is 0 Å². The number of carbonyl (C=O) groups is 1. The van der Waals surface area contributed by atoms with E-state index in [9.17, 15) is 4.79 Å². The fourth-order valence-electron chi connectivity index (χ4n) is 1.58. The van der Waals surface area contributed by atoms with Crippen LogP contribution in [0.1, 0.15) is 27.4 Å². The van der Waals surface area contributed by atoms with Gasteiger partial charge in [-0.15, -0.1) is 0 Å². The first-order valence-corrected chi connectivity index (χ1v) is 6.52. The lowest BCUT2D eigenvalue weighted by molar-refractivity contribution is 0.102. The van der Waals surface area contributed by atoms with E-state index < -0.39 is 0 Å². The van der Waals surface area contributed by atoms with E-state index in [1.54, 1.807) is 26.0 Å². The van der Waals surface area contributed by atoms with Crippen molar-refractivity contribution >= 4 is 27.7 Å². The Kier molecular flexibility index (Phi) is 3.90. The minimum atomic E-state index is -0.232. The highest BCUT2D eigenvalue weighted by atomic mass is 79.9. The molecule has 0 aliphatic carbocycles. The number of rotatable bonds is 2. The van der Waals surface area contributed by atoms with Gasteiger partial charge in [0.15, 0.2) is 0 Å². The van der Waals surface area contributed by atoms with Gasteiger partial charge < -0.3 is 5.32 Å². The molecule has 19 heavy (non-hydrogen) atoms. The average molecular weight is 321 g/mol. The Hall–Kier alpha value is -1.82. The van der Waals surface area contributed by atoms with Crippen molar-refractivity contribution in [3.63, 3.8) is 0 Å². The molecule has 1 N–H and O–H groups in total. The van der Waals surface area contributed by atoms with E-state index in [0.29, 0.717) is 22.8 Å². The summed E-state index contributed by atoms with van der Waals surface area (Å²) < 4.78 is 0.906. The number of aromatic nitrogens is 3. The van der Waals surface area contributed by atoms with E-state index >= 15 is 0 Å². The van der Waals surface area contributed by atoms with Crippen LogP contribution in [0.3, 0.4) is 0 Å². The van der Waals surface area contributed by atoms with E-state index in [-0.39, 0.29) is 5.91 Å². The number of aryl methyl sites for hydroxylation is 3. The van der Waals surface area contributed by atoms with Crippen molar-refractivity contribution < 1.29 is 4.79 Å². The maximum atomic E-state index is 12.2. The second-order valence-corrected chi connectivity index (χ2v) is 5.06. The van der Waals surface area contributed by atoms with Crippen molar-refractivity contribution in [3.05, 3.63) is 45.3 Å². The molecule has 2 rings (SSSR count). The molecule has 6 heteroatoms. The number of carbonyl (C=O) groups excluding carboxylic acids is 1. The van der Waals surface area contributed by atoms with Gasteiger partial charge in [0.2, 0.25) is 0 Å². The molecular weight excluding hydrogens is 308 g/mol. The molecule has 0 aromatic carbocycles. The zero-order valence-electron chi connectivity index (χ0n) is 10.9. The third-order valence-corrected chi connectivity index (χ3v) is 3.45. The molecular formula is C13H13BrN4O. The molecule has 0 aliphatic heterocycles. The summed E-state index contributed by atoms with van der Waals surface area (Å²) in [7, 11) is 0. The third kappa shape index (κ3) is 3.14. The van der Waals surface area contributed by atoms with Gasteiger partial charge in [0, 0.05) is 4.47 Å². The zero-order valence-corrected chi connectivity index (χ0v) is 12.4.